The van der Waals surface area contributed by atoms with Crippen LogP contribution in [0.1, 0.15) is 0 Å². The number of fused-ring (bicyclic) bond motifs is 1. The third-order valence-corrected chi connectivity index (χ3v) is 6.30. The Hall–Kier alpha value is -1.22. The van der Waals surface area contributed by atoms with Gasteiger partial charge in [-0.3, -0.25) is 8.75 Å². The van der Waals surface area contributed by atoms with Crippen molar-refractivity contribution in [2.45, 2.75) is 4.90 Å². The number of piperazine rings is 1. The van der Waals surface area contributed by atoms with E-state index in [0.717, 1.165) is 4.70 Å². The highest BCUT2D eigenvalue weighted by Crippen LogP contribution is 2.22. The van der Waals surface area contributed by atoms with Crippen LogP contribution < -0.4 is 10.9 Å². The van der Waals surface area contributed by atoms with Gasteiger partial charge in [-0.15, -0.1) is 0 Å². The van der Waals surface area contributed by atoms with Crippen molar-refractivity contribution in [3.8, 4) is 0 Å². The third-order valence-electron chi connectivity index (χ3n) is 3.42. The number of hydrogen-bond donors (Lipinski definition) is 1. The maximum Gasteiger partial charge on any atom is 0.268 e. The molecule has 0 amide bonds. The van der Waals surface area contributed by atoms with Gasteiger partial charge in [0.15, 0.2) is 0 Å². The van der Waals surface area contributed by atoms with E-state index in [2.05, 4.69) is 5.32 Å². The SMILES string of the molecule is Cn1sc2ccc(S(=O)(=O)N3CCNCC3)cc2c1=O. The molecule has 108 valence electrons. The number of sulfonamides is 1. The van der Waals surface area contributed by atoms with Crippen LogP contribution in [0.15, 0.2) is 27.9 Å². The average molecular weight is 313 g/mol. The van der Waals surface area contributed by atoms with E-state index in [1.807, 2.05) is 0 Å². The van der Waals surface area contributed by atoms with E-state index in [-0.39, 0.29) is 10.5 Å². The Morgan fingerprint density at radius 3 is 2.65 bits per heavy atom. The molecule has 1 aromatic heterocycles. The average Bonchev–Trinajstić information content (AvgIpc) is 2.75. The van der Waals surface area contributed by atoms with Gasteiger partial charge in [-0.25, -0.2) is 8.42 Å². The molecule has 0 aliphatic carbocycles. The Kier molecular flexibility index (Phi) is 3.41. The molecule has 1 aliphatic rings. The normalized spacial score (nSPS) is 17.6. The Labute approximate surface area is 120 Å². The van der Waals surface area contributed by atoms with Crippen LogP contribution in [-0.2, 0) is 17.1 Å². The molecule has 0 unspecified atom stereocenters. The maximum absolute atomic E-state index is 12.5. The van der Waals surface area contributed by atoms with E-state index in [4.69, 9.17) is 0 Å². The fourth-order valence-corrected chi connectivity index (χ4v) is 4.63. The van der Waals surface area contributed by atoms with Gasteiger partial charge in [-0.05, 0) is 18.2 Å². The second-order valence-corrected chi connectivity index (χ2v) is 7.81. The van der Waals surface area contributed by atoms with Crippen LogP contribution in [0.2, 0.25) is 0 Å². The summed E-state index contributed by atoms with van der Waals surface area (Å²) in [6.07, 6.45) is 0. The summed E-state index contributed by atoms with van der Waals surface area (Å²) in [6.45, 7) is 2.23. The minimum Gasteiger partial charge on any atom is -0.314 e. The molecule has 1 fully saturated rings. The standard InChI is InChI=1S/C12H15N3O3S2/c1-14-12(16)10-8-9(2-3-11(10)19-14)20(17,18)15-6-4-13-5-7-15/h2-3,8,13H,4-7H2,1H3. The van der Waals surface area contributed by atoms with E-state index in [1.165, 1.54) is 25.9 Å². The fraction of sp³-hybridized carbons (Fsp3) is 0.417. The van der Waals surface area contributed by atoms with E-state index in [9.17, 15) is 13.2 Å². The second kappa shape index (κ2) is 4.96. The van der Waals surface area contributed by atoms with Gasteiger partial charge in [0.25, 0.3) is 5.56 Å². The van der Waals surface area contributed by atoms with Crippen LogP contribution in [0.5, 0.6) is 0 Å². The number of rotatable bonds is 2. The summed E-state index contributed by atoms with van der Waals surface area (Å²) in [6, 6.07) is 4.78. The molecule has 2 aromatic rings. The lowest BCUT2D eigenvalue weighted by Crippen LogP contribution is -2.46. The lowest BCUT2D eigenvalue weighted by molar-refractivity contribution is 0.360. The lowest BCUT2D eigenvalue weighted by Gasteiger charge is -2.26. The molecule has 0 spiro atoms. The van der Waals surface area contributed by atoms with Gasteiger partial charge in [0.05, 0.1) is 15.0 Å². The van der Waals surface area contributed by atoms with Crippen molar-refractivity contribution in [2.75, 3.05) is 26.2 Å². The lowest BCUT2D eigenvalue weighted by atomic mass is 10.3. The minimum atomic E-state index is -3.51. The highest BCUT2D eigenvalue weighted by atomic mass is 32.2. The fourth-order valence-electron chi connectivity index (χ4n) is 2.31. The first kappa shape index (κ1) is 13.7. The number of nitrogens with zero attached hydrogens (tertiary/aromatic N) is 2. The summed E-state index contributed by atoms with van der Waals surface area (Å²) in [7, 11) is -1.83. The van der Waals surface area contributed by atoms with Crippen LogP contribution in [0.3, 0.4) is 0 Å². The topological polar surface area (TPSA) is 71.4 Å². The highest BCUT2D eigenvalue weighted by Gasteiger charge is 2.26. The largest absolute Gasteiger partial charge is 0.314 e. The van der Waals surface area contributed by atoms with Gasteiger partial charge in [-0.2, -0.15) is 4.31 Å². The Balaban J connectivity index is 2.09. The molecule has 1 saturated heterocycles. The van der Waals surface area contributed by atoms with Crippen molar-refractivity contribution in [3.63, 3.8) is 0 Å². The summed E-state index contributed by atoms with van der Waals surface area (Å²) in [4.78, 5) is 12.1. The molecule has 0 atom stereocenters. The summed E-state index contributed by atoms with van der Waals surface area (Å²) in [5.41, 5.74) is -0.151. The van der Waals surface area contributed by atoms with Crippen molar-refractivity contribution in [3.05, 3.63) is 28.6 Å². The van der Waals surface area contributed by atoms with Crippen molar-refractivity contribution >= 4 is 31.6 Å². The second-order valence-electron chi connectivity index (χ2n) is 4.71. The molecule has 8 heteroatoms. The van der Waals surface area contributed by atoms with Crippen molar-refractivity contribution in [1.29, 1.82) is 0 Å². The van der Waals surface area contributed by atoms with Crippen molar-refractivity contribution < 1.29 is 8.42 Å². The van der Waals surface area contributed by atoms with Crippen LogP contribution in [0.25, 0.3) is 10.1 Å². The van der Waals surface area contributed by atoms with Crippen molar-refractivity contribution in [1.82, 2.24) is 13.6 Å². The predicted octanol–water partition coefficient (Wildman–Crippen LogP) is 0.194. The van der Waals surface area contributed by atoms with E-state index >= 15 is 0 Å². The molecule has 1 aliphatic heterocycles. The summed E-state index contributed by atoms with van der Waals surface area (Å²) in [5.74, 6) is 0. The van der Waals surface area contributed by atoms with Crippen LogP contribution in [0.4, 0.5) is 0 Å². The first-order chi connectivity index (χ1) is 9.50. The number of aryl methyl sites for hydroxylation is 1. The molecule has 0 bridgehead atoms. The third kappa shape index (κ3) is 2.18. The first-order valence-electron chi connectivity index (χ1n) is 6.31. The Morgan fingerprint density at radius 1 is 1.25 bits per heavy atom. The van der Waals surface area contributed by atoms with Gasteiger partial charge in [0, 0.05) is 33.2 Å². The van der Waals surface area contributed by atoms with Gasteiger partial charge >= 0.3 is 0 Å². The Bertz CT molecular complexity index is 801. The van der Waals surface area contributed by atoms with E-state index in [1.54, 1.807) is 19.2 Å². The molecule has 3 rings (SSSR count). The van der Waals surface area contributed by atoms with Crippen LogP contribution in [0, 0.1) is 0 Å². The quantitative estimate of drug-likeness (QED) is 0.859. The summed E-state index contributed by atoms with van der Waals surface area (Å²) < 4.78 is 28.9. The van der Waals surface area contributed by atoms with Gasteiger partial charge in [0.2, 0.25) is 10.0 Å². The number of aromatic nitrogens is 1. The zero-order chi connectivity index (χ0) is 14.3. The van der Waals surface area contributed by atoms with Gasteiger partial charge in [-0.1, -0.05) is 11.5 Å². The highest BCUT2D eigenvalue weighted by molar-refractivity contribution is 7.89. The summed E-state index contributed by atoms with van der Waals surface area (Å²) in [5, 5.41) is 3.59. The molecule has 0 radical (unpaired) electrons. The van der Waals surface area contributed by atoms with E-state index in [0.29, 0.717) is 31.6 Å². The molecule has 6 nitrogen and oxygen atoms in total. The van der Waals surface area contributed by atoms with Crippen LogP contribution >= 0.6 is 11.5 Å². The predicted molar refractivity (Wildman–Crippen MR) is 78.7 cm³/mol. The molecule has 1 aromatic carbocycles. The first-order valence-corrected chi connectivity index (χ1v) is 8.52. The molecule has 20 heavy (non-hydrogen) atoms. The van der Waals surface area contributed by atoms with Crippen LogP contribution in [-0.4, -0.2) is 42.9 Å². The van der Waals surface area contributed by atoms with Crippen molar-refractivity contribution in [2.24, 2.45) is 7.05 Å². The van der Waals surface area contributed by atoms with E-state index < -0.39 is 10.0 Å². The molecular formula is C12H15N3O3S2. The molecule has 2 heterocycles. The molecular weight excluding hydrogens is 298 g/mol. The number of hydrogen-bond acceptors (Lipinski definition) is 5. The minimum absolute atomic E-state index is 0.151. The number of nitrogens with one attached hydrogen (secondary N) is 1. The number of benzene rings is 1. The maximum atomic E-state index is 12.5. The smallest absolute Gasteiger partial charge is 0.268 e. The molecule has 1 N–H and O–H groups in total. The Morgan fingerprint density at radius 2 is 1.95 bits per heavy atom. The summed E-state index contributed by atoms with van der Waals surface area (Å²) >= 11 is 1.32. The van der Waals surface area contributed by atoms with Gasteiger partial charge in [0.1, 0.15) is 0 Å². The van der Waals surface area contributed by atoms with Gasteiger partial charge < -0.3 is 5.32 Å². The zero-order valence-corrected chi connectivity index (χ0v) is 12.6. The monoisotopic (exact) mass is 313 g/mol. The zero-order valence-electron chi connectivity index (χ0n) is 11.0. The molecule has 0 saturated carbocycles.